The van der Waals surface area contributed by atoms with E-state index in [9.17, 15) is 18.3 Å². The lowest BCUT2D eigenvalue weighted by atomic mass is 9.92. The minimum atomic E-state index is -4.60. The van der Waals surface area contributed by atoms with Crippen LogP contribution in [-0.4, -0.2) is 58.5 Å². The lowest BCUT2D eigenvalue weighted by molar-refractivity contribution is -0.206. The van der Waals surface area contributed by atoms with Crippen LogP contribution in [0, 0.1) is 0 Å². The van der Waals surface area contributed by atoms with Crippen molar-refractivity contribution in [3.8, 4) is 5.88 Å². The minimum absolute atomic E-state index is 0.0560. The Balaban J connectivity index is 1.57. The van der Waals surface area contributed by atoms with Crippen molar-refractivity contribution >= 4 is 21.6 Å². The van der Waals surface area contributed by atoms with Crippen LogP contribution in [0.2, 0.25) is 0 Å². The van der Waals surface area contributed by atoms with E-state index in [1.807, 2.05) is 0 Å². The third-order valence-electron chi connectivity index (χ3n) is 6.23. The Labute approximate surface area is 171 Å². The Hall–Kier alpha value is -1.45. The van der Waals surface area contributed by atoms with Crippen LogP contribution in [0.25, 0.3) is 10.2 Å². The van der Waals surface area contributed by atoms with E-state index in [1.165, 1.54) is 17.7 Å². The van der Waals surface area contributed by atoms with Gasteiger partial charge in [0.15, 0.2) is 0 Å². The van der Waals surface area contributed by atoms with Gasteiger partial charge in [0.25, 0.3) is 0 Å². The quantitative estimate of drug-likeness (QED) is 0.769. The molecule has 2 atom stereocenters. The summed E-state index contributed by atoms with van der Waals surface area (Å²) in [5.41, 5.74) is 0.853. The highest BCUT2D eigenvalue weighted by Crippen LogP contribution is 2.48. The third-order valence-corrected chi connectivity index (χ3v) is 7.41. The number of rotatable bonds is 5. The molecule has 2 heterocycles. The van der Waals surface area contributed by atoms with E-state index in [1.54, 1.807) is 0 Å². The zero-order valence-corrected chi connectivity index (χ0v) is 17.4. The Morgan fingerprint density at radius 2 is 1.93 bits per heavy atom. The molecule has 5 nitrogen and oxygen atoms in total. The van der Waals surface area contributed by atoms with Crippen molar-refractivity contribution < 1.29 is 23.0 Å². The van der Waals surface area contributed by atoms with E-state index >= 15 is 0 Å². The fraction of sp³-hybridized carbons (Fsp3) is 0.700. The van der Waals surface area contributed by atoms with Crippen LogP contribution in [-0.2, 0) is 6.42 Å². The molecule has 0 saturated heterocycles. The third kappa shape index (κ3) is 4.22. The van der Waals surface area contributed by atoms with Crippen molar-refractivity contribution in [3.63, 3.8) is 0 Å². The fourth-order valence-electron chi connectivity index (χ4n) is 4.61. The van der Waals surface area contributed by atoms with Crippen LogP contribution in [0.3, 0.4) is 0 Å². The van der Waals surface area contributed by atoms with Crippen molar-refractivity contribution in [2.75, 3.05) is 14.1 Å². The van der Waals surface area contributed by atoms with Crippen molar-refractivity contribution in [2.24, 2.45) is 0 Å². The summed E-state index contributed by atoms with van der Waals surface area (Å²) in [5, 5.41) is 10.3. The molecule has 29 heavy (non-hydrogen) atoms. The number of aromatic nitrogens is 2. The SMILES string of the molecule is CN(C)C1CCC(Oc2ncnc3sc4c(c23)[C@@H](C[C@@H](O)C(F)(F)F)CC4)CC1. The van der Waals surface area contributed by atoms with Crippen molar-refractivity contribution in [2.45, 2.75) is 75.3 Å². The summed E-state index contributed by atoms with van der Waals surface area (Å²) < 4.78 is 44.9. The minimum Gasteiger partial charge on any atom is -0.474 e. The lowest BCUT2D eigenvalue weighted by Gasteiger charge is -2.32. The molecule has 4 rings (SSSR count). The Kier molecular flexibility index (Phi) is 5.74. The zero-order valence-electron chi connectivity index (χ0n) is 16.6. The number of aryl methyl sites for hydroxylation is 1. The molecule has 0 bridgehead atoms. The molecule has 2 aromatic heterocycles. The molecule has 2 aliphatic rings. The number of halogens is 3. The van der Waals surface area contributed by atoms with Gasteiger partial charge in [-0.2, -0.15) is 13.2 Å². The number of alkyl halides is 3. The second-order valence-corrected chi connectivity index (χ2v) is 9.42. The zero-order chi connectivity index (χ0) is 20.8. The van der Waals surface area contributed by atoms with Gasteiger partial charge in [0.2, 0.25) is 5.88 Å². The van der Waals surface area contributed by atoms with E-state index in [4.69, 9.17) is 4.74 Å². The molecule has 0 aliphatic heterocycles. The summed E-state index contributed by atoms with van der Waals surface area (Å²) in [6.07, 6.45) is -0.459. The summed E-state index contributed by atoms with van der Waals surface area (Å²) >= 11 is 1.50. The van der Waals surface area contributed by atoms with Crippen molar-refractivity contribution in [3.05, 3.63) is 16.8 Å². The van der Waals surface area contributed by atoms with Crippen molar-refractivity contribution in [1.29, 1.82) is 0 Å². The maximum Gasteiger partial charge on any atom is 0.414 e. The Bertz CT molecular complexity index is 863. The van der Waals surface area contributed by atoms with Crippen LogP contribution in [0.4, 0.5) is 13.2 Å². The number of aliphatic hydroxyl groups excluding tert-OH is 1. The lowest BCUT2D eigenvalue weighted by Crippen LogP contribution is -2.35. The predicted octanol–water partition coefficient (Wildman–Crippen LogP) is 4.29. The number of hydrogen-bond acceptors (Lipinski definition) is 6. The van der Waals surface area contributed by atoms with E-state index < -0.39 is 12.3 Å². The van der Waals surface area contributed by atoms with Crippen LogP contribution in [0.15, 0.2) is 6.33 Å². The molecule has 0 spiro atoms. The highest BCUT2D eigenvalue weighted by Gasteiger charge is 2.42. The van der Waals surface area contributed by atoms with Gasteiger partial charge in [-0.05, 0) is 70.5 Å². The van der Waals surface area contributed by atoms with Gasteiger partial charge < -0.3 is 14.7 Å². The topological polar surface area (TPSA) is 58.5 Å². The van der Waals surface area contributed by atoms with E-state index in [2.05, 4.69) is 29.0 Å². The van der Waals surface area contributed by atoms with Gasteiger partial charge in [-0.25, -0.2) is 9.97 Å². The molecule has 160 valence electrons. The predicted molar refractivity (Wildman–Crippen MR) is 106 cm³/mol. The first-order valence-corrected chi connectivity index (χ1v) is 10.9. The van der Waals surface area contributed by atoms with Crippen LogP contribution in [0.5, 0.6) is 5.88 Å². The molecule has 9 heteroatoms. The van der Waals surface area contributed by atoms with Gasteiger partial charge >= 0.3 is 6.18 Å². The normalized spacial score (nSPS) is 26.1. The van der Waals surface area contributed by atoms with Gasteiger partial charge in [0.05, 0.1) is 5.39 Å². The van der Waals surface area contributed by atoms with Crippen LogP contribution < -0.4 is 4.74 Å². The fourth-order valence-corrected chi connectivity index (χ4v) is 5.84. The number of fused-ring (bicyclic) bond motifs is 3. The second kappa shape index (κ2) is 8.00. The van der Waals surface area contributed by atoms with Crippen LogP contribution in [0.1, 0.15) is 54.9 Å². The second-order valence-electron chi connectivity index (χ2n) is 8.34. The molecule has 0 amide bonds. The maximum absolute atomic E-state index is 12.9. The average molecular weight is 430 g/mol. The highest BCUT2D eigenvalue weighted by atomic mass is 32.1. The number of hydrogen-bond donors (Lipinski definition) is 1. The largest absolute Gasteiger partial charge is 0.474 e. The molecule has 2 aliphatic carbocycles. The molecule has 1 fully saturated rings. The number of thiophene rings is 1. The molecule has 2 aromatic rings. The first kappa shape index (κ1) is 20.8. The maximum atomic E-state index is 12.9. The van der Waals surface area contributed by atoms with E-state index in [-0.39, 0.29) is 18.4 Å². The number of aliphatic hydroxyl groups is 1. The number of ether oxygens (including phenoxy) is 1. The summed E-state index contributed by atoms with van der Waals surface area (Å²) in [5.74, 6) is 0.127. The van der Waals surface area contributed by atoms with Gasteiger partial charge in [-0.3, -0.25) is 0 Å². The van der Waals surface area contributed by atoms with E-state index in [0.29, 0.717) is 24.8 Å². The van der Waals surface area contributed by atoms with Gasteiger partial charge in [-0.15, -0.1) is 11.3 Å². The Morgan fingerprint density at radius 3 is 2.59 bits per heavy atom. The van der Waals surface area contributed by atoms with Gasteiger partial charge in [0, 0.05) is 10.9 Å². The van der Waals surface area contributed by atoms with Gasteiger partial charge in [0.1, 0.15) is 23.4 Å². The molecule has 1 N–H and O–H groups in total. The summed E-state index contributed by atoms with van der Waals surface area (Å²) in [7, 11) is 4.17. The smallest absolute Gasteiger partial charge is 0.414 e. The molecular formula is C20H26F3N3O2S. The molecular weight excluding hydrogens is 403 g/mol. The standard InChI is InChI=1S/C20H26F3N3O2S/c1-26(2)12-4-6-13(7-5-12)28-18-17-16-11(9-15(27)20(21,22)23)3-8-14(16)29-19(17)25-10-24-18/h10-13,15,27H,3-9H2,1-2H3/t11-,12?,13?,15-/m1/s1. The highest BCUT2D eigenvalue weighted by molar-refractivity contribution is 7.19. The molecule has 0 aromatic carbocycles. The molecule has 0 unspecified atom stereocenters. The summed E-state index contributed by atoms with van der Waals surface area (Å²) in [6, 6.07) is 0.555. The molecule has 0 radical (unpaired) electrons. The first-order valence-electron chi connectivity index (χ1n) is 10.1. The molecule has 1 saturated carbocycles. The first-order chi connectivity index (χ1) is 13.7. The summed E-state index contributed by atoms with van der Waals surface area (Å²) in [6.45, 7) is 0. The monoisotopic (exact) mass is 429 g/mol. The summed E-state index contributed by atoms with van der Waals surface area (Å²) in [4.78, 5) is 12.7. The van der Waals surface area contributed by atoms with Gasteiger partial charge in [-0.1, -0.05) is 0 Å². The van der Waals surface area contributed by atoms with Crippen LogP contribution >= 0.6 is 11.3 Å². The average Bonchev–Trinajstić information content (AvgIpc) is 3.21. The van der Waals surface area contributed by atoms with Crippen molar-refractivity contribution in [1.82, 2.24) is 14.9 Å². The Morgan fingerprint density at radius 1 is 1.21 bits per heavy atom. The van der Waals surface area contributed by atoms with E-state index in [0.717, 1.165) is 46.3 Å². The number of nitrogens with zero attached hydrogens (tertiary/aromatic N) is 3.